The van der Waals surface area contributed by atoms with E-state index in [0.717, 1.165) is 0 Å². The van der Waals surface area contributed by atoms with Crippen molar-refractivity contribution in [3.63, 3.8) is 0 Å². The van der Waals surface area contributed by atoms with Crippen molar-refractivity contribution < 1.29 is 69.3 Å². The van der Waals surface area contributed by atoms with E-state index in [0.29, 0.717) is 0 Å². The first-order valence-corrected chi connectivity index (χ1v) is 11.6. The molecule has 14 heteroatoms. The van der Waals surface area contributed by atoms with E-state index in [9.17, 15) is 40.9 Å². The van der Waals surface area contributed by atoms with E-state index in [4.69, 9.17) is 28.4 Å². The van der Waals surface area contributed by atoms with E-state index >= 15 is 0 Å². The van der Waals surface area contributed by atoms with Gasteiger partial charge in [0.1, 0.15) is 54.4 Å². The van der Waals surface area contributed by atoms with Gasteiger partial charge in [-0.1, -0.05) is 0 Å². The van der Waals surface area contributed by atoms with Crippen LogP contribution in [0.4, 0.5) is 0 Å². The van der Waals surface area contributed by atoms with Gasteiger partial charge in [-0.2, -0.15) is 0 Å². The van der Waals surface area contributed by atoms with Crippen LogP contribution in [0.25, 0.3) is 0 Å². The van der Waals surface area contributed by atoms with E-state index in [1.54, 1.807) is 6.08 Å². The molecular weight excluding hydrogens is 476 g/mol. The van der Waals surface area contributed by atoms with Crippen LogP contribution < -0.4 is 0 Å². The average molecular weight is 508 g/mol. The average Bonchev–Trinajstić information content (AvgIpc) is 3.54. The molecule has 0 bridgehead atoms. The molecule has 4 aliphatic heterocycles. The molecule has 5 aliphatic rings. The fourth-order valence-corrected chi connectivity index (χ4v) is 5.50. The van der Waals surface area contributed by atoms with Crippen molar-refractivity contribution in [2.24, 2.45) is 11.8 Å². The molecule has 0 radical (unpaired) electrons. The normalized spacial score (nSPS) is 57.3. The van der Waals surface area contributed by atoms with Gasteiger partial charge in [0.15, 0.2) is 12.6 Å². The van der Waals surface area contributed by atoms with Crippen molar-refractivity contribution in [1.82, 2.24) is 0 Å². The standard InChI is InChI=1S/C21H32O14/c1-6-10(23)13(26)15(28)19(32-6)31-4-8-12(25)14(27)16(29)20(33-8)34-18-9-7(2-3-30-18)11(24)17-21(9,5-22)35-17/h2-3,6-20,22-29H,4-5H2,1H3/t6-,7+,8+,9+,10-,11-,12+,13+,14-,15+,16+,17-,18-,19+,20-,21+/m0/s1. The Bertz CT molecular complexity index is 798. The Balaban J connectivity index is 1.25. The lowest BCUT2D eigenvalue weighted by molar-refractivity contribution is -0.354. The summed E-state index contributed by atoms with van der Waals surface area (Å²) in [5.41, 5.74) is -1.07. The Labute approximate surface area is 199 Å². The molecule has 200 valence electrons. The molecular formula is C21H32O14. The maximum absolute atomic E-state index is 10.5. The van der Waals surface area contributed by atoms with Crippen molar-refractivity contribution in [3.05, 3.63) is 12.3 Å². The molecule has 0 unspecified atom stereocenters. The molecule has 14 nitrogen and oxygen atoms in total. The Morgan fingerprint density at radius 2 is 1.49 bits per heavy atom. The van der Waals surface area contributed by atoms with Crippen molar-refractivity contribution in [2.75, 3.05) is 13.2 Å². The zero-order chi connectivity index (χ0) is 25.2. The van der Waals surface area contributed by atoms with Crippen LogP contribution in [0.2, 0.25) is 0 Å². The number of aliphatic hydroxyl groups is 8. The highest BCUT2D eigenvalue weighted by Crippen LogP contribution is 2.59. The second-order valence-corrected chi connectivity index (χ2v) is 9.74. The van der Waals surface area contributed by atoms with E-state index in [1.165, 1.54) is 13.2 Å². The van der Waals surface area contributed by atoms with Crippen molar-refractivity contribution in [3.8, 4) is 0 Å². The lowest BCUT2D eigenvalue weighted by Crippen LogP contribution is -2.62. The minimum absolute atomic E-state index is 0.387. The van der Waals surface area contributed by atoms with Crippen molar-refractivity contribution >= 4 is 0 Å². The molecule has 1 aliphatic carbocycles. The second kappa shape index (κ2) is 9.40. The van der Waals surface area contributed by atoms with Gasteiger partial charge in [-0.3, -0.25) is 0 Å². The van der Waals surface area contributed by atoms with Gasteiger partial charge in [-0.15, -0.1) is 0 Å². The summed E-state index contributed by atoms with van der Waals surface area (Å²) < 4.78 is 33.3. The molecule has 0 aromatic rings. The van der Waals surface area contributed by atoms with Gasteiger partial charge in [0.05, 0.1) is 37.6 Å². The predicted octanol–water partition coefficient (Wildman–Crippen LogP) is -4.74. The third-order valence-corrected chi connectivity index (χ3v) is 7.68. The van der Waals surface area contributed by atoms with Crippen molar-refractivity contribution in [2.45, 2.75) is 92.4 Å². The summed E-state index contributed by atoms with van der Waals surface area (Å²) in [7, 11) is 0. The highest BCUT2D eigenvalue weighted by atomic mass is 16.8. The number of aliphatic hydroxyl groups excluding tert-OH is 8. The summed E-state index contributed by atoms with van der Waals surface area (Å²) in [6.45, 7) is 0.650. The fourth-order valence-electron chi connectivity index (χ4n) is 5.50. The zero-order valence-corrected chi connectivity index (χ0v) is 18.8. The monoisotopic (exact) mass is 508 g/mol. The van der Waals surface area contributed by atoms with E-state index in [-0.39, 0.29) is 6.61 Å². The summed E-state index contributed by atoms with van der Waals surface area (Å²) in [6, 6.07) is 0. The maximum atomic E-state index is 10.5. The minimum atomic E-state index is -1.70. The van der Waals surface area contributed by atoms with Crippen LogP contribution in [-0.4, -0.2) is 140 Å². The smallest absolute Gasteiger partial charge is 0.208 e. The molecule has 16 atom stereocenters. The lowest BCUT2D eigenvalue weighted by Gasteiger charge is -2.44. The Hall–Kier alpha value is -0.980. The third-order valence-electron chi connectivity index (χ3n) is 7.68. The highest BCUT2D eigenvalue weighted by Gasteiger charge is 2.75. The van der Waals surface area contributed by atoms with Gasteiger partial charge in [-0.05, 0) is 13.0 Å². The summed E-state index contributed by atoms with van der Waals surface area (Å²) in [5, 5.41) is 81.4. The first-order chi connectivity index (χ1) is 16.6. The van der Waals surface area contributed by atoms with Gasteiger partial charge in [0.25, 0.3) is 0 Å². The molecule has 1 saturated carbocycles. The Morgan fingerprint density at radius 1 is 0.800 bits per heavy atom. The molecule has 4 fully saturated rings. The SMILES string of the molecule is C[C@@H]1O[C@@H](OC[C@H]2O[C@@H](O[C@@H]3OC=C[C@H]4[C@H](O)[C@@H]5O[C@]5(CO)[C@@H]34)[C@H](O)[C@@H](O)[C@@H]2O)[C@H](O)[C@H](O)[C@H]1O. The van der Waals surface area contributed by atoms with Crippen LogP contribution in [0.5, 0.6) is 0 Å². The molecule has 5 rings (SSSR count). The van der Waals surface area contributed by atoms with Crippen LogP contribution >= 0.6 is 0 Å². The Kier molecular flexibility index (Phi) is 6.89. The number of fused-ring (bicyclic) bond motifs is 3. The summed E-state index contributed by atoms with van der Waals surface area (Å²) in [4.78, 5) is 0. The summed E-state index contributed by atoms with van der Waals surface area (Å²) >= 11 is 0. The van der Waals surface area contributed by atoms with Crippen LogP contribution in [0, 0.1) is 11.8 Å². The van der Waals surface area contributed by atoms with Gasteiger partial charge < -0.3 is 69.3 Å². The Morgan fingerprint density at radius 3 is 2.20 bits per heavy atom. The number of hydrogen-bond donors (Lipinski definition) is 8. The fraction of sp³-hybridized carbons (Fsp3) is 0.905. The quantitative estimate of drug-likeness (QED) is 0.158. The second-order valence-electron chi connectivity index (χ2n) is 9.74. The zero-order valence-electron chi connectivity index (χ0n) is 18.8. The van der Waals surface area contributed by atoms with Gasteiger partial charge in [-0.25, -0.2) is 0 Å². The van der Waals surface area contributed by atoms with Crippen LogP contribution in [-0.2, 0) is 28.4 Å². The molecule has 35 heavy (non-hydrogen) atoms. The minimum Gasteiger partial charge on any atom is -0.472 e. The summed E-state index contributed by atoms with van der Waals surface area (Å²) in [6.07, 6.45) is -14.0. The molecule has 4 heterocycles. The maximum Gasteiger partial charge on any atom is 0.208 e. The molecule has 0 aromatic heterocycles. The topological polar surface area (TPSA) is 221 Å². The van der Waals surface area contributed by atoms with Crippen LogP contribution in [0.1, 0.15) is 6.92 Å². The van der Waals surface area contributed by atoms with Crippen LogP contribution in [0.3, 0.4) is 0 Å². The lowest BCUT2D eigenvalue weighted by atomic mass is 9.85. The van der Waals surface area contributed by atoms with E-state index in [2.05, 4.69) is 0 Å². The first-order valence-electron chi connectivity index (χ1n) is 11.6. The van der Waals surface area contributed by atoms with Crippen molar-refractivity contribution in [1.29, 1.82) is 0 Å². The predicted molar refractivity (Wildman–Crippen MR) is 108 cm³/mol. The number of rotatable bonds is 6. The molecule has 8 N–H and O–H groups in total. The third kappa shape index (κ3) is 4.10. The molecule has 0 amide bonds. The largest absolute Gasteiger partial charge is 0.472 e. The van der Waals surface area contributed by atoms with E-state index < -0.39 is 104 Å². The molecule has 0 spiro atoms. The van der Waals surface area contributed by atoms with E-state index in [1.807, 2.05) is 0 Å². The van der Waals surface area contributed by atoms with Crippen LogP contribution in [0.15, 0.2) is 12.3 Å². The number of epoxide rings is 1. The van der Waals surface area contributed by atoms with Gasteiger partial charge in [0.2, 0.25) is 6.29 Å². The number of ether oxygens (including phenoxy) is 6. The van der Waals surface area contributed by atoms with Gasteiger partial charge in [0, 0.05) is 5.92 Å². The summed E-state index contributed by atoms with van der Waals surface area (Å²) in [5.74, 6) is -1.07. The van der Waals surface area contributed by atoms with Gasteiger partial charge >= 0.3 is 0 Å². The molecule has 0 aromatic carbocycles. The number of hydrogen-bond acceptors (Lipinski definition) is 14. The first kappa shape index (κ1) is 25.7. The molecule has 3 saturated heterocycles. The highest BCUT2D eigenvalue weighted by molar-refractivity contribution is 5.24.